The zero-order valence-electron chi connectivity index (χ0n) is 77.6. The molecule has 0 saturated carbocycles. The van der Waals surface area contributed by atoms with Crippen LogP contribution in [0.3, 0.4) is 0 Å². The fourth-order valence-corrected chi connectivity index (χ4v) is 9.91. The van der Waals surface area contributed by atoms with Crippen molar-refractivity contribution >= 4 is 76.1 Å². The molecule has 5 aromatic rings. The van der Waals surface area contributed by atoms with Crippen LogP contribution in [0.25, 0.3) is 0 Å². The molecule has 26 nitrogen and oxygen atoms in total. The molecule has 2 fully saturated rings. The third kappa shape index (κ3) is 56.7. The maximum Gasteiger partial charge on any atom is 0.333 e. The maximum absolute atomic E-state index is 11.2. The summed E-state index contributed by atoms with van der Waals surface area (Å²) in [7, 11) is 11.9. The summed E-state index contributed by atoms with van der Waals surface area (Å²) in [6, 6.07) is 38.9. The number of hydrogen-bond donors (Lipinski definition) is 3. The molecule has 0 bridgehead atoms. The van der Waals surface area contributed by atoms with Crippen LogP contribution in [-0.4, -0.2) is 261 Å². The summed E-state index contributed by atoms with van der Waals surface area (Å²) in [5.74, 6) is -2.35. The second kappa shape index (κ2) is 64.4. The van der Waals surface area contributed by atoms with Gasteiger partial charge in [-0.05, 0) is 201 Å². The summed E-state index contributed by atoms with van der Waals surface area (Å²) >= 11 is 0. The lowest BCUT2D eigenvalue weighted by Gasteiger charge is -2.32. The fourth-order valence-electron chi connectivity index (χ4n) is 9.91. The number of para-hydroxylation sites is 1. The van der Waals surface area contributed by atoms with Crippen molar-refractivity contribution in [1.29, 1.82) is 0 Å². The molecule has 0 aromatic heterocycles. The molecule has 2 saturated heterocycles. The average Bonchev–Trinajstić information content (AvgIpc) is 0.871. The Morgan fingerprint density at radius 1 is 0.350 bits per heavy atom. The molecule has 678 valence electrons. The van der Waals surface area contributed by atoms with E-state index < -0.39 is 0 Å². The van der Waals surface area contributed by atoms with Gasteiger partial charge in [0, 0.05) is 160 Å². The summed E-state index contributed by atoms with van der Waals surface area (Å²) in [4.78, 5) is 104. The average molecular weight is 1710 g/mol. The van der Waals surface area contributed by atoms with Crippen LogP contribution in [0.5, 0.6) is 0 Å². The molecule has 1 amide bonds. The Balaban J connectivity index is 0.00000139. The standard InChI is InChI=1S/C15H21NO2.2C14H19NO2.2C13H17NO2.C11H20N2O2.C9H16N2O2.C8H15NO2/c1-11(2)15(17)18-7-6-16(5)14-9-12(3)8-13(4)10-14;1-11(2)14(16)17-10-9-15(4)13-7-5-12(3)6-8-13;1-10(2)14(16)17-6-5-15-13-8-11(3)7-12(4)9-13;1-10(2)13(15)16-9-8-14-12-6-4-11(3)5-7-12;1-11(2)13(15)16-10-9-14(3)12-7-5-4-6-8-12;1-10(2)11(14)15-9-8-13-6-4-12(3)5-7-13;1-8(2)9(12)10-7-11-3-5-13-6-4-11;1-7(2)8(10)11-6-5-9(3)4/h8-10H,1,6-7H2,2-5H3;5-8H,1,9-10H2,2-4H3;7-9,15H,1,5-6H2,2-4H3;4-7,14H,1,8-9H2,2-3H3;4-8H,1,9-10H2,2-3H3;1,4-9H2,2-3H3;1,3-7H2,2H3,(H,10,12);1,5-6H2,2-4H3. The molecule has 2 aliphatic heterocycles. The van der Waals surface area contributed by atoms with Crippen LogP contribution in [0.2, 0.25) is 0 Å². The molecule has 123 heavy (non-hydrogen) atoms. The second-order valence-electron chi connectivity index (χ2n) is 30.4. The summed E-state index contributed by atoms with van der Waals surface area (Å²) in [5.41, 5.74) is 16.4. The number of amides is 1. The van der Waals surface area contributed by atoms with Gasteiger partial charge < -0.3 is 78.3 Å². The van der Waals surface area contributed by atoms with Crippen LogP contribution in [0.15, 0.2) is 212 Å². The van der Waals surface area contributed by atoms with E-state index in [0.29, 0.717) is 130 Å². The lowest BCUT2D eigenvalue weighted by Crippen LogP contribution is -2.45. The number of nitrogens with one attached hydrogen (secondary N) is 3. The van der Waals surface area contributed by atoms with Gasteiger partial charge in [0.25, 0.3) is 0 Å². The highest BCUT2D eigenvalue weighted by Crippen LogP contribution is 2.19. The number of rotatable bonds is 36. The molecule has 5 aromatic carbocycles. The molecule has 2 aliphatic rings. The van der Waals surface area contributed by atoms with Crippen LogP contribution < -0.4 is 30.7 Å². The first-order valence-electron chi connectivity index (χ1n) is 41.0. The van der Waals surface area contributed by atoms with Gasteiger partial charge in [0.05, 0.1) is 39.5 Å². The van der Waals surface area contributed by atoms with E-state index in [4.69, 9.17) is 37.9 Å². The van der Waals surface area contributed by atoms with Crippen LogP contribution >= 0.6 is 0 Å². The molecular weight excluding hydrogens is 1560 g/mol. The van der Waals surface area contributed by atoms with E-state index in [1.807, 2.05) is 111 Å². The molecule has 2 heterocycles. The second-order valence-corrected chi connectivity index (χ2v) is 30.4. The normalized spacial score (nSPS) is 11.8. The van der Waals surface area contributed by atoms with Crippen LogP contribution in [0.1, 0.15) is 88.8 Å². The number of carbonyl (C=O) groups excluding carboxylic acids is 8. The number of esters is 7. The van der Waals surface area contributed by atoms with Crippen molar-refractivity contribution in [3.63, 3.8) is 0 Å². The van der Waals surface area contributed by atoms with Crippen molar-refractivity contribution in [3.05, 3.63) is 246 Å². The number of piperazine rings is 1. The third-order valence-electron chi connectivity index (χ3n) is 17.3. The molecule has 0 aliphatic carbocycles. The first kappa shape index (κ1) is 112. The van der Waals surface area contributed by atoms with Crippen molar-refractivity contribution in [2.75, 3.05) is 219 Å². The van der Waals surface area contributed by atoms with E-state index in [2.05, 4.69) is 191 Å². The Hall–Kier alpha value is -11.4. The molecule has 3 N–H and O–H groups in total. The Morgan fingerprint density at radius 3 is 1.04 bits per heavy atom. The number of carbonyl (C=O) groups is 8. The third-order valence-corrected chi connectivity index (χ3v) is 17.3. The number of benzene rings is 5. The highest BCUT2D eigenvalue weighted by molar-refractivity contribution is 5.92. The van der Waals surface area contributed by atoms with E-state index in [0.717, 1.165) is 94.0 Å². The van der Waals surface area contributed by atoms with Crippen molar-refractivity contribution in [2.45, 2.75) is 96.9 Å². The first-order chi connectivity index (χ1) is 57.9. The number of nitrogens with zero attached hydrogens (tertiary/aromatic N) is 7. The SMILES string of the molecule is C=C(C)C(=O)NCN1CCOCC1.C=C(C)C(=O)OCCN(C)C.C=C(C)C(=O)OCCN(C)c1cc(C)cc(C)c1.C=C(C)C(=O)OCCN(C)c1ccc(C)cc1.C=C(C)C(=O)OCCN(C)c1ccccc1.C=C(C)C(=O)OCCN1CCN(C)CC1.C=C(C)C(=O)OCCNc1cc(C)cc(C)c1.C=C(C)C(=O)OCCNc1ccc(C)cc1. The molecule has 0 unspecified atom stereocenters. The molecular formula is C97H144N10O16. The van der Waals surface area contributed by atoms with Gasteiger partial charge in [-0.15, -0.1) is 0 Å². The molecule has 0 radical (unpaired) electrons. The lowest BCUT2D eigenvalue weighted by molar-refractivity contribution is -0.140. The summed E-state index contributed by atoms with van der Waals surface area (Å²) in [5, 5.41) is 9.16. The van der Waals surface area contributed by atoms with Crippen LogP contribution in [0, 0.1) is 41.5 Å². The predicted molar refractivity (Wildman–Crippen MR) is 501 cm³/mol. The number of aryl methyl sites for hydroxylation is 6. The van der Waals surface area contributed by atoms with Gasteiger partial charge in [-0.3, -0.25) is 14.6 Å². The van der Waals surface area contributed by atoms with Gasteiger partial charge in [0.2, 0.25) is 5.91 Å². The minimum Gasteiger partial charge on any atom is -0.461 e. The highest BCUT2D eigenvalue weighted by atomic mass is 16.6. The van der Waals surface area contributed by atoms with E-state index in [1.54, 1.807) is 55.4 Å². The minimum atomic E-state index is -0.342. The van der Waals surface area contributed by atoms with Crippen molar-refractivity contribution < 1.29 is 76.3 Å². The van der Waals surface area contributed by atoms with Gasteiger partial charge in [0.15, 0.2) is 0 Å². The molecule has 0 atom stereocenters. The molecule has 7 rings (SSSR count). The van der Waals surface area contributed by atoms with E-state index in [9.17, 15) is 38.4 Å². The van der Waals surface area contributed by atoms with Gasteiger partial charge in [0.1, 0.15) is 46.2 Å². The van der Waals surface area contributed by atoms with E-state index in [-0.39, 0.29) is 47.7 Å². The fraction of sp³-hybridized carbons (Fsp3) is 0.443. The van der Waals surface area contributed by atoms with Crippen molar-refractivity contribution in [3.8, 4) is 0 Å². The summed E-state index contributed by atoms with van der Waals surface area (Å²) in [6.07, 6.45) is 0. The Morgan fingerprint density at radius 2 is 0.675 bits per heavy atom. The Kier molecular flexibility index (Phi) is 58.4. The van der Waals surface area contributed by atoms with Crippen LogP contribution in [-0.2, 0) is 76.3 Å². The number of likely N-dealkylation sites (N-methyl/N-ethyl adjacent to an activating group) is 5. The predicted octanol–water partition coefficient (Wildman–Crippen LogP) is 14.0. The number of anilines is 5. The summed E-state index contributed by atoms with van der Waals surface area (Å²) in [6.45, 7) is 69.4. The summed E-state index contributed by atoms with van der Waals surface area (Å²) < 4.78 is 40.1. The van der Waals surface area contributed by atoms with Crippen LogP contribution in [0.4, 0.5) is 28.4 Å². The zero-order valence-corrected chi connectivity index (χ0v) is 77.6. The Labute approximate surface area is 735 Å². The highest BCUT2D eigenvalue weighted by Gasteiger charge is 2.16. The van der Waals surface area contributed by atoms with Crippen molar-refractivity contribution in [2.24, 2.45) is 0 Å². The number of ether oxygens (including phenoxy) is 8. The van der Waals surface area contributed by atoms with Gasteiger partial charge in [-0.2, -0.15) is 0 Å². The Bertz CT molecular complexity index is 4090. The topological polar surface area (TPSA) is 269 Å². The van der Waals surface area contributed by atoms with E-state index >= 15 is 0 Å². The monoisotopic (exact) mass is 1710 g/mol. The number of morpholine rings is 1. The van der Waals surface area contributed by atoms with E-state index in [1.165, 1.54) is 33.4 Å². The van der Waals surface area contributed by atoms with Gasteiger partial charge in [-0.1, -0.05) is 118 Å². The smallest absolute Gasteiger partial charge is 0.333 e. The lowest BCUT2D eigenvalue weighted by atomic mass is 10.1. The first-order valence-corrected chi connectivity index (χ1v) is 41.0. The minimum absolute atomic E-state index is 0.0773. The van der Waals surface area contributed by atoms with Gasteiger partial charge >= 0.3 is 41.8 Å². The zero-order chi connectivity index (χ0) is 93.1. The van der Waals surface area contributed by atoms with Gasteiger partial charge in [-0.25, -0.2) is 33.6 Å². The molecule has 0 spiro atoms. The quantitative estimate of drug-likeness (QED) is 0.0145. The maximum atomic E-state index is 11.2. The van der Waals surface area contributed by atoms with Crippen molar-refractivity contribution in [1.82, 2.24) is 24.9 Å². The molecule has 26 heteroatoms. The largest absolute Gasteiger partial charge is 0.461 e. The number of hydrogen-bond acceptors (Lipinski definition) is 25.